The van der Waals surface area contributed by atoms with Crippen LogP contribution in [0.5, 0.6) is 0 Å². The zero-order chi connectivity index (χ0) is 9.56. The third-order valence-corrected chi connectivity index (χ3v) is 1.77. The minimum absolute atomic E-state index is 0.206. The Labute approximate surface area is 73.5 Å². The number of methoxy groups -OCH3 is 1. The SMILES string of the molecule is CCC(COC)NC(C)C(N)=O. The molecular formula is C8H18N2O2. The van der Waals surface area contributed by atoms with Gasteiger partial charge >= 0.3 is 0 Å². The number of rotatable bonds is 6. The van der Waals surface area contributed by atoms with Gasteiger partial charge in [-0.15, -0.1) is 0 Å². The van der Waals surface area contributed by atoms with Gasteiger partial charge in [0.05, 0.1) is 12.6 Å². The van der Waals surface area contributed by atoms with E-state index < -0.39 is 0 Å². The average molecular weight is 174 g/mol. The fourth-order valence-corrected chi connectivity index (χ4v) is 0.921. The first-order valence-electron chi connectivity index (χ1n) is 4.16. The van der Waals surface area contributed by atoms with Gasteiger partial charge < -0.3 is 15.8 Å². The van der Waals surface area contributed by atoms with E-state index in [1.807, 2.05) is 6.92 Å². The summed E-state index contributed by atoms with van der Waals surface area (Å²) in [6, 6.07) is -0.0809. The van der Waals surface area contributed by atoms with Gasteiger partial charge in [0.2, 0.25) is 5.91 Å². The Kier molecular flexibility index (Phi) is 5.66. The van der Waals surface area contributed by atoms with Crippen LogP contribution in [0.15, 0.2) is 0 Å². The molecule has 2 atom stereocenters. The van der Waals surface area contributed by atoms with Crippen LogP contribution >= 0.6 is 0 Å². The molecule has 0 saturated heterocycles. The largest absolute Gasteiger partial charge is 0.383 e. The van der Waals surface area contributed by atoms with Crippen molar-refractivity contribution in [2.75, 3.05) is 13.7 Å². The summed E-state index contributed by atoms with van der Waals surface area (Å²) >= 11 is 0. The molecule has 0 radical (unpaired) electrons. The van der Waals surface area contributed by atoms with E-state index in [0.717, 1.165) is 6.42 Å². The number of hydrogen-bond acceptors (Lipinski definition) is 3. The molecule has 12 heavy (non-hydrogen) atoms. The Morgan fingerprint density at radius 1 is 1.67 bits per heavy atom. The van der Waals surface area contributed by atoms with Crippen molar-refractivity contribution in [3.05, 3.63) is 0 Å². The second kappa shape index (κ2) is 5.97. The Balaban J connectivity index is 3.76. The second-order valence-corrected chi connectivity index (χ2v) is 2.85. The van der Waals surface area contributed by atoms with Crippen molar-refractivity contribution in [2.24, 2.45) is 5.73 Å². The van der Waals surface area contributed by atoms with Gasteiger partial charge in [-0.3, -0.25) is 4.79 Å². The first-order chi connectivity index (χ1) is 5.61. The van der Waals surface area contributed by atoms with E-state index in [9.17, 15) is 4.79 Å². The van der Waals surface area contributed by atoms with E-state index in [1.165, 1.54) is 0 Å². The van der Waals surface area contributed by atoms with Crippen LogP contribution in [0.25, 0.3) is 0 Å². The lowest BCUT2D eigenvalue weighted by molar-refractivity contribution is -0.119. The molecule has 0 fully saturated rings. The third kappa shape index (κ3) is 4.31. The van der Waals surface area contributed by atoms with E-state index in [2.05, 4.69) is 5.32 Å². The molecule has 0 aromatic heterocycles. The number of primary amides is 1. The van der Waals surface area contributed by atoms with E-state index in [0.29, 0.717) is 6.61 Å². The maximum atomic E-state index is 10.7. The zero-order valence-corrected chi connectivity index (χ0v) is 7.96. The number of carbonyl (C=O) groups excluding carboxylic acids is 1. The number of amides is 1. The summed E-state index contributed by atoms with van der Waals surface area (Å²) in [7, 11) is 1.64. The van der Waals surface area contributed by atoms with Gasteiger partial charge in [-0.05, 0) is 13.3 Å². The van der Waals surface area contributed by atoms with Gasteiger partial charge in [-0.2, -0.15) is 0 Å². The van der Waals surface area contributed by atoms with Gasteiger partial charge in [0, 0.05) is 13.2 Å². The number of hydrogen-bond donors (Lipinski definition) is 2. The van der Waals surface area contributed by atoms with Crippen LogP contribution in [0, 0.1) is 0 Å². The van der Waals surface area contributed by atoms with Gasteiger partial charge in [0.25, 0.3) is 0 Å². The lowest BCUT2D eigenvalue weighted by Crippen LogP contribution is -2.45. The first-order valence-corrected chi connectivity index (χ1v) is 4.16. The van der Waals surface area contributed by atoms with Crippen molar-refractivity contribution >= 4 is 5.91 Å². The van der Waals surface area contributed by atoms with Gasteiger partial charge in [0.1, 0.15) is 0 Å². The number of nitrogens with one attached hydrogen (secondary N) is 1. The number of carbonyl (C=O) groups is 1. The topological polar surface area (TPSA) is 64.3 Å². The van der Waals surface area contributed by atoms with Crippen LogP contribution in [0.2, 0.25) is 0 Å². The van der Waals surface area contributed by atoms with Crippen molar-refractivity contribution in [3.8, 4) is 0 Å². The molecule has 0 aliphatic carbocycles. The lowest BCUT2D eigenvalue weighted by atomic mass is 10.2. The molecule has 0 aliphatic heterocycles. The Bertz CT molecular complexity index is 139. The fraction of sp³-hybridized carbons (Fsp3) is 0.875. The van der Waals surface area contributed by atoms with E-state index in [-0.39, 0.29) is 18.0 Å². The molecule has 4 heteroatoms. The molecule has 0 rings (SSSR count). The highest BCUT2D eigenvalue weighted by molar-refractivity contribution is 5.79. The molecule has 0 saturated carbocycles. The predicted octanol–water partition coefficient (Wildman–Crippen LogP) is -0.125. The minimum atomic E-state index is -0.329. The number of ether oxygens (including phenoxy) is 1. The quantitative estimate of drug-likeness (QED) is 0.590. The van der Waals surface area contributed by atoms with Crippen LogP contribution in [-0.4, -0.2) is 31.7 Å². The molecule has 0 spiro atoms. The molecule has 4 nitrogen and oxygen atoms in total. The summed E-state index contributed by atoms with van der Waals surface area (Å²) in [5.41, 5.74) is 5.09. The van der Waals surface area contributed by atoms with Gasteiger partial charge in [-0.1, -0.05) is 6.92 Å². The van der Waals surface area contributed by atoms with Crippen molar-refractivity contribution in [2.45, 2.75) is 32.4 Å². The normalized spacial score (nSPS) is 15.6. The molecule has 2 unspecified atom stereocenters. The Morgan fingerprint density at radius 2 is 2.25 bits per heavy atom. The Hall–Kier alpha value is -0.610. The third-order valence-electron chi connectivity index (χ3n) is 1.77. The molecule has 1 amide bonds. The summed E-state index contributed by atoms with van der Waals surface area (Å²) in [5.74, 6) is -0.329. The minimum Gasteiger partial charge on any atom is -0.383 e. The van der Waals surface area contributed by atoms with Crippen LogP contribution in [0.3, 0.4) is 0 Å². The van der Waals surface area contributed by atoms with Crippen molar-refractivity contribution in [3.63, 3.8) is 0 Å². The maximum absolute atomic E-state index is 10.7. The molecule has 0 heterocycles. The molecule has 0 aliphatic rings. The highest BCUT2D eigenvalue weighted by Gasteiger charge is 2.13. The summed E-state index contributed by atoms with van der Waals surface area (Å²) in [6.07, 6.45) is 0.922. The van der Waals surface area contributed by atoms with Crippen LogP contribution in [-0.2, 0) is 9.53 Å². The van der Waals surface area contributed by atoms with Crippen LogP contribution in [0.1, 0.15) is 20.3 Å². The molecule has 72 valence electrons. The van der Waals surface area contributed by atoms with Gasteiger partial charge in [-0.25, -0.2) is 0 Å². The van der Waals surface area contributed by atoms with Crippen molar-refractivity contribution < 1.29 is 9.53 Å². The van der Waals surface area contributed by atoms with E-state index >= 15 is 0 Å². The highest BCUT2D eigenvalue weighted by atomic mass is 16.5. The monoisotopic (exact) mass is 174 g/mol. The summed E-state index contributed by atoms with van der Waals surface area (Å²) in [4.78, 5) is 10.7. The average Bonchev–Trinajstić information content (AvgIpc) is 2.03. The van der Waals surface area contributed by atoms with Crippen molar-refractivity contribution in [1.29, 1.82) is 0 Å². The summed E-state index contributed by atoms with van der Waals surface area (Å²) < 4.78 is 4.96. The summed E-state index contributed by atoms with van der Waals surface area (Å²) in [5, 5.41) is 3.07. The van der Waals surface area contributed by atoms with Crippen LogP contribution in [0.4, 0.5) is 0 Å². The molecule has 0 bridgehead atoms. The molecule has 3 N–H and O–H groups in total. The van der Waals surface area contributed by atoms with Gasteiger partial charge in [0.15, 0.2) is 0 Å². The zero-order valence-electron chi connectivity index (χ0n) is 7.96. The molecule has 0 aromatic rings. The summed E-state index contributed by atoms with van der Waals surface area (Å²) in [6.45, 7) is 4.39. The maximum Gasteiger partial charge on any atom is 0.234 e. The lowest BCUT2D eigenvalue weighted by Gasteiger charge is -2.19. The molecular weight excluding hydrogens is 156 g/mol. The fourth-order valence-electron chi connectivity index (χ4n) is 0.921. The second-order valence-electron chi connectivity index (χ2n) is 2.85. The first kappa shape index (κ1) is 11.4. The molecule has 0 aromatic carbocycles. The van der Waals surface area contributed by atoms with E-state index in [1.54, 1.807) is 14.0 Å². The van der Waals surface area contributed by atoms with Crippen LogP contribution < -0.4 is 11.1 Å². The predicted molar refractivity (Wildman–Crippen MR) is 47.7 cm³/mol. The smallest absolute Gasteiger partial charge is 0.234 e. The number of nitrogens with two attached hydrogens (primary N) is 1. The highest BCUT2D eigenvalue weighted by Crippen LogP contribution is 1.93. The van der Waals surface area contributed by atoms with E-state index in [4.69, 9.17) is 10.5 Å². The Morgan fingerprint density at radius 3 is 2.58 bits per heavy atom. The standard InChI is InChI=1S/C8H18N2O2/c1-4-7(5-12-3)10-6(2)8(9)11/h6-7,10H,4-5H2,1-3H3,(H2,9,11). The van der Waals surface area contributed by atoms with Crippen molar-refractivity contribution in [1.82, 2.24) is 5.32 Å².